The summed E-state index contributed by atoms with van der Waals surface area (Å²) in [6.45, 7) is 36.2. The lowest BCUT2D eigenvalue weighted by molar-refractivity contribution is 0.166. The molecule has 0 saturated carbocycles. The van der Waals surface area contributed by atoms with Crippen molar-refractivity contribution < 1.29 is 0 Å². The number of aryl methyl sites for hydroxylation is 2. The molecule has 1 fully saturated rings. The van der Waals surface area contributed by atoms with Gasteiger partial charge in [-0.1, -0.05) is 98.2 Å². The number of nitrogens with two attached hydrogens (primary N) is 1. The molecule has 0 aromatic heterocycles. The van der Waals surface area contributed by atoms with E-state index >= 15 is 0 Å². The van der Waals surface area contributed by atoms with Crippen LogP contribution in [0.25, 0.3) is 0 Å². The molecule has 0 amide bonds. The highest BCUT2D eigenvalue weighted by molar-refractivity contribution is 5.63. The van der Waals surface area contributed by atoms with Gasteiger partial charge in [-0.2, -0.15) is 0 Å². The molecular weight excluding hydrogens is 524 g/mol. The van der Waals surface area contributed by atoms with Gasteiger partial charge in [0.25, 0.3) is 0 Å². The first kappa shape index (κ1) is 42.6. The van der Waals surface area contributed by atoms with E-state index in [0.717, 1.165) is 43.4 Å². The molecule has 1 aliphatic rings. The highest BCUT2D eigenvalue weighted by atomic mass is 15.2. The molecule has 4 N–H and O–H groups in total. The molecule has 246 valence electrons. The summed E-state index contributed by atoms with van der Waals surface area (Å²) in [5, 5.41) is 7.05. The molecule has 43 heavy (non-hydrogen) atoms. The van der Waals surface area contributed by atoms with Gasteiger partial charge in [0.2, 0.25) is 0 Å². The Kier molecular flexibility index (Phi) is 25.6. The van der Waals surface area contributed by atoms with Crippen molar-refractivity contribution in [2.75, 3.05) is 36.4 Å². The van der Waals surface area contributed by atoms with Crippen LogP contribution in [0.2, 0.25) is 0 Å². The van der Waals surface area contributed by atoms with Crippen LogP contribution in [-0.2, 0) is 6.54 Å². The molecule has 1 unspecified atom stereocenters. The SMILES string of the molecule is C=C.C=C(CCNCc1ccc(C)cc1)Nc1ccc(N2CC(CC)(CCC(CC)CCN)C2)cc1C.CC.CC.CC. The normalized spacial score (nSPS) is 13.1. The van der Waals surface area contributed by atoms with E-state index in [4.69, 9.17) is 5.73 Å². The van der Waals surface area contributed by atoms with E-state index in [-0.39, 0.29) is 0 Å². The molecule has 0 aliphatic carbocycles. The maximum Gasteiger partial charge on any atom is 0.0412 e. The fraction of sp³-hybridized carbons (Fsp3) is 0.590. The minimum atomic E-state index is 0.479. The topological polar surface area (TPSA) is 53.3 Å². The maximum atomic E-state index is 5.81. The van der Waals surface area contributed by atoms with Crippen molar-refractivity contribution >= 4 is 11.4 Å². The Morgan fingerprint density at radius 3 is 2.05 bits per heavy atom. The van der Waals surface area contributed by atoms with Crippen LogP contribution in [0, 0.1) is 25.2 Å². The molecule has 4 heteroatoms. The van der Waals surface area contributed by atoms with Crippen LogP contribution in [0.5, 0.6) is 0 Å². The minimum Gasteiger partial charge on any atom is -0.370 e. The molecule has 1 heterocycles. The summed E-state index contributed by atoms with van der Waals surface area (Å²) in [5.41, 5.74) is 13.7. The first-order chi connectivity index (χ1) is 20.9. The second-order valence-corrected chi connectivity index (χ2v) is 10.7. The third kappa shape index (κ3) is 15.6. The zero-order valence-electron chi connectivity index (χ0n) is 30.0. The van der Waals surface area contributed by atoms with Gasteiger partial charge in [0, 0.05) is 48.7 Å². The van der Waals surface area contributed by atoms with E-state index < -0.39 is 0 Å². The predicted molar refractivity (Wildman–Crippen MR) is 198 cm³/mol. The van der Waals surface area contributed by atoms with Gasteiger partial charge in [0.05, 0.1) is 0 Å². The summed E-state index contributed by atoms with van der Waals surface area (Å²) < 4.78 is 0. The fourth-order valence-electron chi connectivity index (χ4n) is 5.22. The highest BCUT2D eigenvalue weighted by Gasteiger charge is 2.41. The van der Waals surface area contributed by atoms with Crippen molar-refractivity contribution in [2.45, 2.75) is 114 Å². The lowest BCUT2D eigenvalue weighted by Crippen LogP contribution is -2.56. The summed E-state index contributed by atoms with van der Waals surface area (Å²) in [5.74, 6) is 0.788. The molecule has 3 rings (SSSR count). The number of nitrogens with zero attached hydrogens (tertiary/aromatic N) is 1. The average molecular weight is 595 g/mol. The number of benzene rings is 2. The Morgan fingerprint density at radius 2 is 1.53 bits per heavy atom. The van der Waals surface area contributed by atoms with Crippen molar-refractivity contribution in [3.05, 3.63) is 84.6 Å². The van der Waals surface area contributed by atoms with Crippen LogP contribution in [0.1, 0.15) is 111 Å². The Hall–Kier alpha value is -2.56. The van der Waals surface area contributed by atoms with Crippen molar-refractivity contribution in [3.63, 3.8) is 0 Å². The Balaban J connectivity index is 0. The summed E-state index contributed by atoms with van der Waals surface area (Å²) in [7, 11) is 0. The van der Waals surface area contributed by atoms with Gasteiger partial charge >= 0.3 is 0 Å². The summed E-state index contributed by atoms with van der Waals surface area (Å²) in [6.07, 6.45) is 7.23. The molecule has 1 saturated heterocycles. The third-order valence-corrected chi connectivity index (χ3v) is 7.98. The molecule has 2 aromatic carbocycles. The third-order valence-electron chi connectivity index (χ3n) is 7.98. The zero-order chi connectivity index (χ0) is 33.3. The minimum absolute atomic E-state index is 0.479. The van der Waals surface area contributed by atoms with Gasteiger partial charge in [0.1, 0.15) is 0 Å². The van der Waals surface area contributed by atoms with E-state index in [1.54, 1.807) is 0 Å². The molecule has 0 radical (unpaired) electrons. The largest absolute Gasteiger partial charge is 0.370 e. The van der Waals surface area contributed by atoms with Crippen LogP contribution in [0.4, 0.5) is 11.4 Å². The lowest BCUT2D eigenvalue weighted by Gasteiger charge is -2.52. The first-order valence-corrected chi connectivity index (χ1v) is 17.1. The average Bonchev–Trinajstić information content (AvgIpc) is 3.04. The van der Waals surface area contributed by atoms with Crippen LogP contribution in [0.15, 0.2) is 67.9 Å². The summed E-state index contributed by atoms with van der Waals surface area (Å²) in [6, 6.07) is 15.5. The van der Waals surface area contributed by atoms with Crippen molar-refractivity contribution in [1.29, 1.82) is 0 Å². The molecule has 0 spiro atoms. The maximum absolute atomic E-state index is 5.81. The number of anilines is 2. The predicted octanol–water partition coefficient (Wildman–Crippen LogP) is 10.7. The standard InChI is InChI=1S/C31H48N4.3C2H6.C2H4/c1-6-27(15-18-32)14-17-31(7-2)22-35(23-31)29-12-13-30(25(4)20-29)34-26(5)16-19-33-21-28-10-8-24(3)9-11-28;4*1-2/h8-13,20,27,33-34H,5-7,14-19,21-23,32H2,1-4H3;3*1-2H3;1-2H2. The molecule has 0 bridgehead atoms. The first-order valence-electron chi connectivity index (χ1n) is 17.1. The molecule has 2 aromatic rings. The highest BCUT2D eigenvalue weighted by Crippen LogP contribution is 2.42. The fourth-order valence-corrected chi connectivity index (χ4v) is 5.22. The summed E-state index contributed by atoms with van der Waals surface area (Å²) >= 11 is 0. The lowest BCUT2D eigenvalue weighted by atomic mass is 9.71. The van der Waals surface area contributed by atoms with E-state index in [1.807, 2.05) is 41.5 Å². The van der Waals surface area contributed by atoms with Gasteiger partial charge in [-0.15, -0.1) is 13.2 Å². The zero-order valence-corrected chi connectivity index (χ0v) is 30.0. The van der Waals surface area contributed by atoms with E-state index in [9.17, 15) is 0 Å². The molecule has 1 aliphatic heterocycles. The van der Waals surface area contributed by atoms with Crippen LogP contribution >= 0.6 is 0 Å². The molecule has 1 atom stereocenters. The number of hydrogen-bond donors (Lipinski definition) is 3. The van der Waals surface area contributed by atoms with Crippen molar-refractivity contribution in [2.24, 2.45) is 17.1 Å². The Morgan fingerprint density at radius 1 is 0.930 bits per heavy atom. The van der Waals surface area contributed by atoms with Gasteiger partial charge in [-0.25, -0.2) is 0 Å². The van der Waals surface area contributed by atoms with Gasteiger partial charge in [-0.3, -0.25) is 0 Å². The second kappa shape index (κ2) is 25.9. The second-order valence-electron chi connectivity index (χ2n) is 10.7. The molecular formula is C39H70N4. The van der Waals surface area contributed by atoms with Crippen LogP contribution < -0.4 is 21.3 Å². The summed E-state index contributed by atoms with van der Waals surface area (Å²) in [4.78, 5) is 2.55. The van der Waals surface area contributed by atoms with E-state index in [0.29, 0.717) is 5.41 Å². The Labute approximate surface area is 268 Å². The number of hydrogen-bond acceptors (Lipinski definition) is 4. The van der Waals surface area contributed by atoms with Gasteiger partial charge in [0.15, 0.2) is 0 Å². The van der Waals surface area contributed by atoms with Gasteiger partial charge in [-0.05, 0) is 87.7 Å². The monoisotopic (exact) mass is 595 g/mol. The molecule has 4 nitrogen and oxygen atoms in total. The van der Waals surface area contributed by atoms with E-state index in [1.165, 1.54) is 67.6 Å². The van der Waals surface area contributed by atoms with Crippen LogP contribution in [0.3, 0.4) is 0 Å². The van der Waals surface area contributed by atoms with Crippen molar-refractivity contribution in [3.8, 4) is 0 Å². The van der Waals surface area contributed by atoms with Crippen molar-refractivity contribution in [1.82, 2.24) is 5.32 Å². The quantitative estimate of drug-likeness (QED) is 0.142. The Bertz CT molecular complexity index is 944. The smallest absolute Gasteiger partial charge is 0.0412 e. The van der Waals surface area contributed by atoms with Gasteiger partial charge < -0.3 is 21.3 Å². The number of rotatable bonds is 15. The van der Waals surface area contributed by atoms with E-state index in [2.05, 4.69) is 105 Å². The number of nitrogens with one attached hydrogen (secondary N) is 2. The van der Waals surface area contributed by atoms with Crippen LogP contribution in [-0.4, -0.2) is 26.2 Å².